The van der Waals surface area contributed by atoms with Gasteiger partial charge in [0.15, 0.2) is 0 Å². The second kappa shape index (κ2) is 10.8. The minimum absolute atomic E-state index is 0.319. The van der Waals surface area contributed by atoms with Crippen LogP contribution in [0.3, 0.4) is 0 Å². The van der Waals surface area contributed by atoms with E-state index in [2.05, 4.69) is 6.58 Å². The largest absolute Gasteiger partial charge is 0.496 e. The number of methoxy groups -OCH3 is 1. The van der Waals surface area contributed by atoms with E-state index < -0.39 is 5.97 Å². The van der Waals surface area contributed by atoms with Crippen LogP contribution in [0.25, 0.3) is 11.1 Å². The maximum Gasteiger partial charge on any atom is 0.338 e. The van der Waals surface area contributed by atoms with Crippen molar-refractivity contribution in [3.05, 3.63) is 78.8 Å². The summed E-state index contributed by atoms with van der Waals surface area (Å²) in [7, 11) is 1.65. The predicted molar refractivity (Wildman–Crippen MR) is 114 cm³/mol. The van der Waals surface area contributed by atoms with Gasteiger partial charge in [0.2, 0.25) is 0 Å². The number of carbonyl (C=O) groups is 1. The number of hydrogen-bond acceptors (Lipinski definition) is 5. The summed E-state index contributed by atoms with van der Waals surface area (Å²) in [5.74, 6) is 1.67. The highest BCUT2D eigenvalue weighted by Gasteiger charge is 2.11. The average molecular weight is 394 g/mol. The van der Waals surface area contributed by atoms with Crippen molar-refractivity contribution in [1.82, 2.24) is 0 Å². The van der Waals surface area contributed by atoms with Gasteiger partial charge in [-0.15, -0.1) is 0 Å². The van der Waals surface area contributed by atoms with Crippen LogP contribution in [0.5, 0.6) is 17.2 Å². The standard InChI is InChI=1S/C24H26O5/c1-6-7-12-28-23-15-18(4)22(26-5)16-21(23)19-8-10-20(11-9-19)27-13-14-29-24(25)17(2)3/h6-11,13-16H,2,12H2,1,3-5H3/b7-6+,14-13+. The Balaban J connectivity index is 2.18. The fraction of sp³-hybridized carbons (Fsp3) is 0.208. The molecule has 29 heavy (non-hydrogen) atoms. The summed E-state index contributed by atoms with van der Waals surface area (Å²) >= 11 is 0. The average Bonchev–Trinajstić information content (AvgIpc) is 2.72. The molecule has 2 rings (SSSR count). The summed E-state index contributed by atoms with van der Waals surface area (Å²) in [4.78, 5) is 11.3. The van der Waals surface area contributed by atoms with Crippen molar-refractivity contribution in [2.24, 2.45) is 0 Å². The van der Waals surface area contributed by atoms with E-state index in [0.717, 1.165) is 28.2 Å². The van der Waals surface area contributed by atoms with Crippen LogP contribution in [-0.4, -0.2) is 19.7 Å². The lowest BCUT2D eigenvalue weighted by atomic mass is 10.0. The third kappa shape index (κ3) is 6.28. The van der Waals surface area contributed by atoms with Crippen molar-refractivity contribution in [2.45, 2.75) is 20.8 Å². The Hall–Kier alpha value is -3.47. The molecule has 0 spiro atoms. The first kappa shape index (κ1) is 21.8. The van der Waals surface area contributed by atoms with Gasteiger partial charge >= 0.3 is 5.97 Å². The van der Waals surface area contributed by atoms with Gasteiger partial charge in [-0.1, -0.05) is 30.9 Å². The van der Waals surface area contributed by atoms with E-state index in [1.165, 1.54) is 12.5 Å². The van der Waals surface area contributed by atoms with Gasteiger partial charge in [-0.2, -0.15) is 0 Å². The highest BCUT2D eigenvalue weighted by Crippen LogP contribution is 2.36. The lowest BCUT2D eigenvalue weighted by Gasteiger charge is -2.15. The summed E-state index contributed by atoms with van der Waals surface area (Å²) < 4.78 is 21.7. The lowest BCUT2D eigenvalue weighted by Crippen LogP contribution is -1.99. The lowest BCUT2D eigenvalue weighted by molar-refractivity contribution is -0.133. The van der Waals surface area contributed by atoms with E-state index >= 15 is 0 Å². The molecular formula is C24H26O5. The maximum absolute atomic E-state index is 11.3. The molecule has 152 valence electrons. The van der Waals surface area contributed by atoms with Crippen molar-refractivity contribution in [3.8, 4) is 28.4 Å². The van der Waals surface area contributed by atoms with Crippen molar-refractivity contribution in [2.75, 3.05) is 13.7 Å². The number of allylic oxidation sites excluding steroid dienone is 1. The van der Waals surface area contributed by atoms with E-state index in [0.29, 0.717) is 17.9 Å². The number of rotatable bonds is 9. The van der Waals surface area contributed by atoms with E-state index in [4.69, 9.17) is 18.9 Å². The maximum atomic E-state index is 11.3. The van der Waals surface area contributed by atoms with Crippen LogP contribution in [0.2, 0.25) is 0 Å². The molecule has 0 aromatic heterocycles. The minimum Gasteiger partial charge on any atom is -0.496 e. The second-order valence-electron chi connectivity index (χ2n) is 6.30. The Kier molecular flexibility index (Phi) is 8.10. The van der Waals surface area contributed by atoms with Gasteiger partial charge in [-0.25, -0.2) is 4.79 Å². The Morgan fingerprint density at radius 2 is 1.83 bits per heavy atom. The highest BCUT2D eigenvalue weighted by atomic mass is 16.5. The Labute approximate surface area is 171 Å². The van der Waals surface area contributed by atoms with Crippen molar-refractivity contribution in [1.29, 1.82) is 0 Å². The molecule has 0 unspecified atom stereocenters. The van der Waals surface area contributed by atoms with Gasteiger partial charge in [0.25, 0.3) is 0 Å². The Bertz CT molecular complexity index is 908. The van der Waals surface area contributed by atoms with E-state index in [1.807, 2.05) is 62.4 Å². The van der Waals surface area contributed by atoms with Gasteiger partial charge in [0.05, 0.1) is 7.11 Å². The van der Waals surface area contributed by atoms with Crippen LogP contribution in [-0.2, 0) is 9.53 Å². The number of esters is 1. The molecule has 0 radical (unpaired) electrons. The SMILES string of the molecule is C=C(C)C(=O)O/C=C/Oc1ccc(-c2cc(OC)c(C)cc2OC/C=C/C)cc1. The number of carbonyl (C=O) groups excluding carboxylic acids is 1. The van der Waals surface area contributed by atoms with Crippen molar-refractivity contribution >= 4 is 5.97 Å². The van der Waals surface area contributed by atoms with Crippen molar-refractivity contribution in [3.63, 3.8) is 0 Å². The molecule has 0 aliphatic carbocycles. The van der Waals surface area contributed by atoms with Crippen LogP contribution in [0.1, 0.15) is 19.4 Å². The summed E-state index contributed by atoms with van der Waals surface area (Å²) in [6.07, 6.45) is 6.38. The highest BCUT2D eigenvalue weighted by molar-refractivity contribution is 5.87. The summed E-state index contributed by atoms with van der Waals surface area (Å²) in [6, 6.07) is 11.4. The van der Waals surface area contributed by atoms with Gasteiger partial charge in [-0.3, -0.25) is 0 Å². The summed E-state index contributed by atoms with van der Waals surface area (Å²) in [6.45, 7) is 9.51. The predicted octanol–water partition coefficient (Wildman–Crippen LogP) is 5.59. The zero-order chi connectivity index (χ0) is 21.2. The third-order valence-corrected chi connectivity index (χ3v) is 4.02. The zero-order valence-corrected chi connectivity index (χ0v) is 17.2. The minimum atomic E-state index is -0.501. The smallest absolute Gasteiger partial charge is 0.338 e. The van der Waals surface area contributed by atoms with Crippen LogP contribution in [0.15, 0.2) is 73.2 Å². The monoisotopic (exact) mass is 394 g/mol. The van der Waals surface area contributed by atoms with Crippen LogP contribution in [0, 0.1) is 6.92 Å². The number of aryl methyl sites for hydroxylation is 1. The topological polar surface area (TPSA) is 54.0 Å². The molecule has 0 amide bonds. The summed E-state index contributed by atoms with van der Waals surface area (Å²) in [5, 5.41) is 0. The molecule has 0 heterocycles. The molecular weight excluding hydrogens is 368 g/mol. The quantitative estimate of drug-likeness (QED) is 0.240. The first-order valence-corrected chi connectivity index (χ1v) is 9.17. The van der Waals surface area contributed by atoms with E-state index in [9.17, 15) is 4.79 Å². The molecule has 0 bridgehead atoms. The number of hydrogen-bond donors (Lipinski definition) is 0. The first-order valence-electron chi connectivity index (χ1n) is 9.17. The van der Waals surface area contributed by atoms with Gasteiger partial charge < -0.3 is 18.9 Å². The van der Waals surface area contributed by atoms with Crippen LogP contribution in [0.4, 0.5) is 0 Å². The number of benzene rings is 2. The fourth-order valence-corrected chi connectivity index (χ4v) is 2.47. The van der Waals surface area contributed by atoms with Crippen molar-refractivity contribution < 1.29 is 23.7 Å². The number of ether oxygens (including phenoxy) is 4. The molecule has 2 aromatic carbocycles. The van der Waals surface area contributed by atoms with E-state index in [-0.39, 0.29) is 0 Å². The molecule has 0 fully saturated rings. The molecule has 0 saturated heterocycles. The molecule has 0 atom stereocenters. The van der Waals surface area contributed by atoms with Crippen LogP contribution < -0.4 is 14.2 Å². The summed E-state index contributed by atoms with van der Waals surface area (Å²) in [5.41, 5.74) is 3.21. The van der Waals surface area contributed by atoms with E-state index in [1.54, 1.807) is 14.0 Å². The molecule has 0 N–H and O–H groups in total. The molecule has 0 aliphatic heterocycles. The Morgan fingerprint density at radius 3 is 2.45 bits per heavy atom. The van der Waals surface area contributed by atoms with Gasteiger partial charge in [0, 0.05) is 11.1 Å². The molecule has 5 nitrogen and oxygen atoms in total. The van der Waals surface area contributed by atoms with Crippen LogP contribution >= 0.6 is 0 Å². The Morgan fingerprint density at radius 1 is 1.10 bits per heavy atom. The second-order valence-corrected chi connectivity index (χ2v) is 6.30. The normalized spacial score (nSPS) is 10.9. The van der Waals surface area contributed by atoms with Gasteiger partial charge in [-0.05, 0) is 56.2 Å². The molecule has 5 heteroatoms. The molecule has 2 aromatic rings. The fourth-order valence-electron chi connectivity index (χ4n) is 2.47. The third-order valence-electron chi connectivity index (χ3n) is 4.02. The molecule has 0 saturated carbocycles. The molecule has 0 aliphatic rings. The first-order chi connectivity index (χ1) is 14.0. The van der Waals surface area contributed by atoms with Gasteiger partial charge in [0.1, 0.15) is 36.4 Å². The zero-order valence-electron chi connectivity index (χ0n) is 17.2.